The first-order chi connectivity index (χ1) is 15.8. The van der Waals surface area contributed by atoms with Gasteiger partial charge < -0.3 is 14.8 Å². The fourth-order valence-electron chi connectivity index (χ4n) is 3.90. The first kappa shape index (κ1) is 23.0. The highest BCUT2D eigenvalue weighted by molar-refractivity contribution is 7.89. The first-order valence-corrected chi connectivity index (χ1v) is 12.2. The lowest BCUT2D eigenvalue weighted by Gasteiger charge is -2.30. The fourth-order valence-corrected chi connectivity index (χ4v) is 5.39. The van der Waals surface area contributed by atoms with Crippen LogP contribution in [-0.4, -0.2) is 49.9 Å². The van der Waals surface area contributed by atoms with Crippen LogP contribution < -0.4 is 14.8 Å². The summed E-state index contributed by atoms with van der Waals surface area (Å²) in [6.45, 7) is 3.13. The molecule has 0 saturated carbocycles. The number of rotatable bonds is 5. The smallest absolute Gasteiger partial charge is 0.271 e. The number of ether oxygens (including phenoxy) is 2. The number of carbonyl (C=O) groups is 1. The minimum absolute atomic E-state index is 0.105. The maximum atomic E-state index is 13.1. The Bertz CT molecular complexity index is 1170. The lowest BCUT2D eigenvalue weighted by Crippen LogP contribution is -2.41. The van der Waals surface area contributed by atoms with Gasteiger partial charge in [0.2, 0.25) is 15.9 Å². The summed E-state index contributed by atoms with van der Waals surface area (Å²) >= 11 is 0. The number of aryl methyl sites for hydroxylation is 1. The molecule has 2 aromatic rings. The lowest BCUT2D eigenvalue weighted by atomic mass is 9.97. The van der Waals surface area contributed by atoms with Crippen LogP contribution in [0.2, 0.25) is 0 Å². The molecule has 0 radical (unpaired) electrons. The van der Waals surface area contributed by atoms with Crippen LogP contribution >= 0.6 is 0 Å². The van der Waals surface area contributed by atoms with Gasteiger partial charge >= 0.3 is 0 Å². The average Bonchev–Trinajstić information content (AvgIpc) is 3.05. The Hall–Kier alpha value is -3.18. The predicted molar refractivity (Wildman–Crippen MR) is 120 cm³/mol. The molecule has 1 N–H and O–H groups in total. The van der Waals surface area contributed by atoms with Crippen molar-refractivity contribution in [3.05, 3.63) is 52.1 Å². The fraction of sp³-hybridized carbons (Fsp3) is 0.409. The minimum atomic E-state index is -3.75. The number of nitrogens with one attached hydrogen (secondary N) is 1. The van der Waals surface area contributed by atoms with E-state index in [1.54, 1.807) is 19.1 Å². The highest BCUT2D eigenvalue weighted by Crippen LogP contribution is 2.34. The Kier molecular flexibility index (Phi) is 6.52. The number of hydrogen-bond acceptors (Lipinski definition) is 7. The molecule has 1 amide bonds. The first-order valence-electron chi connectivity index (χ1n) is 10.7. The number of nitro benzene ring substituents is 1. The lowest BCUT2D eigenvalue weighted by molar-refractivity contribution is -0.384. The summed E-state index contributed by atoms with van der Waals surface area (Å²) in [5, 5.41) is 13.8. The molecule has 2 heterocycles. The highest BCUT2D eigenvalue weighted by Gasteiger charge is 2.33. The molecule has 0 aliphatic carbocycles. The highest BCUT2D eigenvalue weighted by atomic mass is 32.2. The Morgan fingerprint density at radius 3 is 2.48 bits per heavy atom. The van der Waals surface area contributed by atoms with Crippen molar-refractivity contribution in [1.82, 2.24) is 4.31 Å². The van der Waals surface area contributed by atoms with E-state index < -0.39 is 14.9 Å². The second-order valence-corrected chi connectivity index (χ2v) is 10.0. The van der Waals surface area contributed by atoms with Gasteiger partial charge in [-0.15, -0.1) is 0 Å². The quantitative estimate of drug-likeness (QED) is 0.520. The van der Waals surface area contributed by atoms with Crippen molar-refractivity contribution in [2.24, 2.45) is 5.92 Å². The Morgan fingerprint density at radius 1 is 1.09 bits per heavy atom. The number of non-ortho nitro benzene ring substituents is 1. The number of hydrogen-bond donors (Lipinski definition) is 1. The number of amides is 1. The van der Waals surface area contributed by atoms with Crippen LogP contribution in [0.15, 0.2) is 41.3 Å². The van der Waals surface area contributed by atoms with Crippen LogP contribution in [0, 0.1) is 23.0 Å². The second-order valence-electron chi connectivity index (χ2n) is 8.08. The van der Waals surface area contributed by atoms with Gasteiger partial charge in [-0.3, -0.25) is 14.9 Å². The van der Waals surface area contributed by atoms with Gasteiger partial charge in [-0.2, -0.15) is 4.31 Å². The summed E-state index contributed by atoms with van der Waals surface area (Å²) in [4.78, 5) is 23.4. The predicted octanol–water partition coefficient (Wildman–Crippen LogP) is 3.10. The van der Waals surface area contributed by atoms with Gasteiger partial charge in [0.1, 0.15) is 0 Å². The van der Waals surface area contributed by atoms with Gasteiger partial charge in [0.15, 0.2) is 11.5 Å². The summed E-state index contributed by atoms with van der Waals surface area (Å²) in [6.07, 6.45) is 1.43. The third-order valence-electron chi connectivity index (χ3n) is 5.87. The number of carbonyl (C=O) groups excluding carboxylic acids is 1. The van der Waals surface area contributed by atoms with E-state index in [1.807, 2.05) is 0 Å². The summed E-state index contributed by atoms with van der Waals surface area (Å²) in [6, 6.07) is 8.89. The van der Waals surface area contributed by atoms with Crippen LogP contribution in [-0.2, 0) is 14.8 Å². The number of anilines is 1. The van der Waals surface area contributed by atoms with Gasteiger partial charge in [0.05, 0.1) is 28.7 Å². The molecule has 1 saturated heterocycles. The number of nitrogens with zero attached hydrogens (tertiary/aromatic N) is 2. The molecule has 0 spiro atoms. The SMILES string of the molecule is Cc1ccc([N+](=O)[O-])cc1NC(=O)C1CCN(S(=O)(=O)c2ccc3c(c2)OCCCO3)CC1. The van der Waals surface area contributed by atoms with Gasteiger partial charge in [-0.1, -0.05) is 6.07 Å². The Labute approximate surface area is 191 Å². The summed E-state index contributed by atoms with van der Waals surface area (Å²) < 4.78 is 38.8. The number of sulfonamides is 1. The van der Waals surface area contributed by atoms with E-state index in [-0.39, 0.29) is 35.5 Å². The maximum Gasteiger partial charge on any atom is 0.271 e. The summed E-state index contributed by atoms with van der Waals surface area (Å²) in [7, 11) is -3.75. The van der Waals surface area contributed by atoms with E-state index in [2.05, 4.69) is 5.32 Å². The normalized spacial score (nSPS) is 17.2. The standard InChI is InChI=1S/C22H25N3O7S/c1-15-3-4-17(25(27)28)13-19(15)23-22(26)16-7-9-24(10-8-16)33(29,30)18-5-6-20-21(14-18)32-12-2-11-31-20/h3-6,13-14,16H,2,7-12H2,1H3,(H,23,26). The van der Waals surface area contributed by atoms with Gasteiger partial charge in [0, 0.05) is 43.6 Å². The molecule has 10 nitrogen and oxygen atoms in total. The number of piperidine rings is 1. The minimum Gasteiger partial charge on any atom is -0.490 e. The van der Waals surface area contributed by atoms with Crippen molar-refractivity contribution < 1.29 is 27.6 Å². The second kappa shape index (κ2) is 9.36. The van der Waals surface area contributed by atoms with Crippen molar-refractivity contribution in [1.29, 1.82) is 0 Å². The van der Waals surface area contributed by atoms with Crippen molar-refractivity contribution in [2.45, 2.75) is 31.1 Å². The van der Waals surface area contributed by atoms with Crippen LogP contribution in [0.3, 0.4) is 0 Å². The molecule has 2 aromatic carbocycles. The third-order valence-corrected chi connectivity index (χ3v) is 7.77. The Morgan fingerprint density at radius 2 is 1.79 bits per heavy atom. The van der Waals surface area contributed by atoms with Crippen molar-refractivity contribution >= 4 is 27.3 Å². The van der Waals surface area contributed by atoms with E-state index >= 15 is 0 Å². The van der Waals surface area contributed by atoms with Gasteiger partial charge in [0.25, 0.3) is 5.69 Å². The topological polar surface area (TPSA) is 128 Å². The van der Waals surface area contributed by atoms with Gasteiger partial charge in [-0.05, 0) is 37.5 Å². The van der Waals surface area contributed by atoms with E-state index in [1.165, 1.54) is 28.6 Å². The van der Waals surface area contributed by atoms with Crippen molar-refractivity contribution in [3.8, 4) is 11.5 Å². The van der Waals surface area contributed by atoms with Crippen molar-refractivity contribution in [3.63, 3.8) is 0 Å². The molecule has 176 valence electrons. The molecule has 0 atom stereocenters. The van der Waals surface area contributed by atoms with Crippen molar-refractivity contribution in [2.75, 3.05) is 31.6 Å². The van der Waals surface area contributed by atoms with E-state index in [9.17, 15) is 23.3 Å². The summed E-state index contributed by atoms with van der Waals surface area (Å²) in [5.74, 6) is 0.276. The van der Waals surface area contributed by atoms with E-state index in [4.69, 9.17) is 9.47 Å². The monoisotopic (exact) mass is 475 g/mol. The average molecular weight is 476 g/mol. The summed E-state index contributed by atoms with van der Waals surface area (Å²) in [5.41, 5.74) is 0.992. The van der Waals surface area contributed by atoms with E-state index in [0.29, 0.717) is 48.8 Å². The molecule has 0 unspecified atom stereocenters. The molecule has 11 heteroatoms. The molecule has 4 rings (SSSR count). The largest absolute Gasteiger partial charge is 0.490 e. The zero-order valence-electron chi connectivity index (χ0n) is 18.2. The van der Waals surface area contributed by atoms with Crippen LogP contribution in [0.1, 0.15) is 24.8 Å². The zero-order valence-corrected chi connectivity index (χ0v) is 19.0. The molecule has 0 aromatic heterocycles. The molecular formula is C22H25N3O7S. The van der Waals surface area contributed by atoms with Crippen LogP contribution in [0.25, 0.3) is 0 Å². The van der Waals surface area contributed by atoms with Gasteiger partial charge in [-0.25, -0.2) is 8.42 Å². The molecule has 0 bridgehead atoms. The molecule has 2 aliphatic heterocycles. The Balaban J connectivity index is 1.41. The maximum absolute atomic E-state index is 13.1. The number of benzene rings is 2. The molecular weight excluding hydrogens is 450 g/mol. The number of fused-ring (bicyclic) bond motifs is 1. The van der Waals surface area contributed by atoms with E-state index in [0.717, 1.165) is 6.42 Å². The molecule has 2 aliphatic rings. The number of nitro groups is 1. The third kappa shape index (κ3) is 4.93. The van der Waals surface area contributed by atoms with Crippen LogP contribution in [0.5, 0.6) is 11.5 Å². The van der Waals surface area contributed by atoms with Crippen LogP contribution in [0.4, 0.5) is 11.4 Å². The zero-order chi connectivity index (χ0) is 23.6. The molecule has 33 heavy (non-hydrogen) atoms. The molecule has 1 fully saturated rings.